The molecule has 0 amide bonds. The third kappa shape index (κ3) is 3.58. The molecule has 2 atom stereocenters. The molecular weight excluding hydrogens is 222 g/mol. The molecule has 1 aliphatic carbocycles. The monoisotopic (exact) mass is 249 g/mol. The molecule has 0 aliphatic heterocycles. The minimum atomic E-state index is 0.0810. The molecule has 3 heteroatoms. The highest BCUT2D eigenvalue weighted by molar-refractivity contribution is 5.05. The van der Waals surface area contributed by atoms with Crippen molar-refractivity contribution in [1.29, 1.82) is 0 Å². The molecule has 18 heavy (non-hydrogen) atoms. The third-order valence-corrected chi connectivity index (χ3v) is 3.85. The molecule has 0 spiro atoms. The normalized spacial score (nSPS) is 25.3. The van der Waals surface area contributed by atoms with Crippen molar-refractivity contribution < 1.29 is 0 Å². The molecule has 2 unspecified atom stereocenters. The summed E-state index contributed by atoms with van der Waals surface area (Å²) in [7, 11) is 0. The summed E-state index contributed by atoms with van der Waals surface area (Å²) < 4.78 is 2.05. The van der Waals surface area contributed by atoms with Crippen molar-refractivity contribution in [3.63, 3.8) is 0 Å². The van der Waals surface area contributed by atoms with E-state index in [4.69, 9.17) is 0 Å². The lowest BCUT2D eigenvalue weighted by Gasteiger charge is -2.27. The van der Waals surface area contributed by atoms with Gasteiger partial charge in [0, 0.05) is 24.3 Å². The van der Waals surface area contributed by atoms with Crippen LogP contribution in [0.5, 0.6) is 0 Å². The fourth-order valence-corrected chi connectivity index (χ4v) is 2.70. The summed E-state index contributed by atoms with van der Waals surface area (Å²) in [5, 5.41) is 8.12. The average Bonchev–Trinajstić information content (AvgIpc) is 2.74. The Hall–Kier alpha value is -0.830. The Morgan fingerprint density at radius 3 is 2.78 bits per heavy atom. The van der Waals surface area contributed by atoms with Gasteiger partial charge in [-0.05, 0) is 39.5 Å². The number of aromatic nitrogens is 2. The highest BCUT2D eigenvalue weighted by atomic mass is 15.3. The SMILES string of the molecule is CC1CCCC(NCc2cnn(C(C)(C)C)c2)C1. The number of nitrogens with one attached hydrogen (secondary N) is 1. The van der Waals surface area contributed by atoms with E-state index in [1.807, 2.05) is 10.9 Å². The molecule has 1 aromatic rings. The zero-order valence-electron chi connectivity index (χ0n) is 12.2. The molecule has 1 fully saturated rings. The fourth-order valence-electron chi connectivity index (χ4n) is 2.70. The highest BCUT2D eigenvalue weighted by Crippen LogP contribution is 2.23. The van der Waals surface area contributed by atoms with E-state index < -0.39 is 0 Å². The van der Waals surface area contributed by atoms with Crippen molar-refractivity contribution in [3.05, 3.63) is 18.0 Å². The standard InChI is InChI=1S/C15H27N3/c1-12-6-5-7-14(8-12)16-9-13-10-17-18(11-13)15(2,3)4/h10-12,14,16H,5-9H2,1-4H3. The van der Waals surface area contributed by atoms with Gasteiger partial charge in [-0.3, -0.25) is 4.68 Å². The Kier molecular flexibility index (Phi) is 4.10. The van der Waals surface area contributed by atoms with Crippen molar-refractivity contribution in [2.75, 3.05) is 0 Å². The quantitative estimate of drug-likeness (QED) is 0.890. The smallest absolute Gasteiger partial charge is 0.0543 e. The number of rotatable bonds is 3. The predicted octanol–water partition coefficient (Wildman–Crippen LogP) is 3.31. The molecule has 1 heterocycles. The summed E-state index contributed by atoms with van der Waals surface area (Å²) >= 11 is 0. The van der Waals surface area contributed by atoms with Crippen LogP contribution < -0.4 is 5.32 Å². The van der Waals surface area contributed by atoms with E-state index >= 15 is 0 Å². The van der Waals surface area contributed by atoms with E-state index in [-0.39, 0.29) is 5.54 Å². The first kappa shape index (κ1) is 13.6. The maximum absolute atomic E-state index is 4.44. The first-order valence-electron chi connectivity index (χ1n) is 7.22. The Morgan fingerprint density at radius 1 is 1.39 bits per heavy atom. The van der Waals surface area contributed by atoms with E-state index in [0.717, 1.165) is 12.5 Å². The molecule has 0 saturated heterocycles. The van der Waals surface area contributed by atoms with Crippen LogP contribution in [-0.4, -0.2) is 15.8 Å². The van der Waals surface area contributed by atoms with Crippen LogP contribution in [0.15, 0.2) is 12.4 Å². The second-order valence-corrected chi connectivity index (χ2v) is 6.81. The number of nitrogens with zero attached hydrogens (tertiary/aromatic N) is 2. The van der Waals surface area contributed by atoms with Gasteiger partial charge < -0.3 is 5.32 Å². The first-order valence-corrected chi connectivity index (χ1v) is 7.22. The Morgan fingerprint density at radius 2 is 2.17 bits per heavy atom. The fraction of sp³-hybridized carbons (Fsp3) is 0.800. The molecule has 0 aromatic carbocycles. The van der Waals surface area contributed by atoms with Crippen LogP contribution in [0, 0.1) is 5.92 Å². The van der Waals surface area contributed by atoms with Gasteiger partial charge in [0.1, 0.15) is 0 Å². The van der Waals surface area contributed by atoms with E-state index in [0.29, 0.717) is 6.04 Å². The molecule has 2 rings (SSSR count). The van der Waals surface area contributed by atoms with E-state index in [1.165, 1.54) is 31.2 Å². The van der Waals surface area contributed by atoms with Crippen LogP contribution in [0.3, 0.4) is 0 Å². The molecular formula is C15H27N3. The lowest BCUT2D eigenvalue weighted by Crippen LogP contribution is -2.33. The number of hydrogen-bond acceptors (Lipinski definition) is 2. The minimum absolute atomic E-state index is 0.0810. The van der Waals surface area contributed by atoms with Crippen LogP contribution in [0.4, 0.5) is 0 Å². The maximum Gasteiger partial charge on any atom is 0.0543 e. The van der Waals surface area contributed by atoms with Crippen LogP contribution in [0.25, 0.3) is 0 Å². The van der Waals surface area contributed by atoms with Gasteiger partial charge in [-0.15, -0.1) is 0 Å². The summed E-state index contributed by atoms with van der Waals surface area (Å²) in [5.74, 6) is 0.883. The molecule has 1 aromatic heterocycles. The van der Waals surface area contributed by atoms with Crippen molar-refractivity contribution in [3.8, 4) is 0 Å². The predicted molar refractivity (Wildman–Crippen MR) is 75.5 cm³/mol. The van der Waals surface area contributed by atoms with Gasteiger partial charge in [0.2, 0.25) is 0 Å². The van der Waals surface area contributed by atoms with Crippen LogP contribution in [-0.2, 0) is 12.1 Å². The Balaban J connectivity index is 1.85. The maximum atomic E-state index is 4.44. The van der Waals surface area contributed by atoms with Crippen molar-refractivity contribution in [1.82, 2.24) is 15.1 Å². The molecule has 102 valence electrons. The third-order valence-electron chi connectivity index (χ3n) is 3.85. The lowest BCUT2D eigenvalue weighted by atomic mass is 9.87. The summed E-state index contributed by atoms with van der Waals surface area (Å²) in [6, 6.07) is 0.701. The van der Waals surface area contributed by atoms with Gasteiger partial charge >= 0.3 is 0 Å². The van der Waals surface area contributed by atoms with Crippen LogP contribution >= 0.6 is 0 Å². The summed E-state index contributed by atoms with van der Waals surface area (Å²) in [6.45, 7) is 9.86. The van der Waals surface area contributed by atoms with Gasteiger partial charge in [-0.25, -0.2) is 0 Å². The average molecular weight is 249 g/mol. The van der Waals surface area contributed by atoms with Crippen molar-refractivity contribution >= 4 is 0 Å². The second kappa shape index (κ2) is 5.43. The molecule has 1 N–H and O–H groups in total. The van der Waals surface area contributed by atoms with Gasteiger partial charge in [-0.2, -0.15) is 5.10 Å². The second-order valence-electron chi connectivity index (χ2n) is 6.81. The highest BCUT2D eigenvalue weighted by Gasteiger charge is 2.19. The first-order chi connectivity index (χ1) is 8.45. The summed E-state index contributed by atoms with van der Waals surface area (Å²) in [5.41, 5.74) is 1.38. The molecule has 1 saturated carbocycles. The van der Waals surface area contributed by atoms with E-state index in [9.17, 15) is 0 Å². The number of hydrogen-bond donors (Lipinski definition) is 1. The summed E-state index contributed by atoms with van der Waals surface area (Å²) in [6.07, 6.45) is 9.59. The van der Waals surface area contributed by atoms with Gasteiger partial charge in [0.05, 0.1) is 11.7 Å². The van der Waals surface area contributed by atoms with Gasteiger partial charge in [0.25, 0.3) is 0 Å². The molecule has 3 nitrogen and oxygen atoms in total. The largest absolute Gasteiger partial charge is 0.310 e. The zero-order valence-corrected chi connectivity index (χ0v) is 12.2. The topological polar surface area (TPSA) is 29.9 Å². The van der Waals surface area contributed by atoms with Crippen molar-refractivity contribution in [2.24, 2.45) is 5.92 Å². The molecule has 1 aliphatic rings. The van der Waals surface area contributed by atoms with Gasteiger partial charge in [-0.1, -0.05) is 19.8 Å². The summed E-state index contributed by atoms with van der Waals surface area (Å²) in [4.78, 5) is 0. The van der Waals surface area contributed by atoms with Crippen LogP contribution in [0.1, 0.15) is 58.9 Å². The van der Waals surface area contributed by atoms with Crippen molar-refractivity contribution in [2.45, 2.75) is 71.5 Å². The lowest BCUT2D eigenvalue weighted by molar-refractivity contribution is 0.300. The molecule has 0 radical (unpaired) electrons. The van der Waals surface area contributed by atoms with E-state index in [1.54, 1.807) is 0 Å². The molecule has 0 bridgehead atoms. The minimum Gasteiger partial charge on any atom is -0.310 e. The van der Waals surface area contributed by atoms with E-state index in [2.05, 4.69) is 44.3 Å². The Bertz CT molecular complexity index is 375. The Labute approximate surface area is 111 Å². The zero-order chi connectivity index (χ0) is 13.2. The van der Waals surface area contributed by atoms with Gasteiger partial charge in [0.15, 0.2) is 0 Å². The van der Waals surface area contributed by atoms with Crippen LogP contribution in [0.2, 0.25) is 0 Å².